The molecule has 10 aromatic carbocycles. The molecular formula is C56H35NO2. The summed E-state index contributed by atoms with van der Waals surface area (Å²) < 4.78 is 13.3. The average molecular weight is 754 g/mol. The van der Waals surface area contributed by atoms with Gasteiger partial charge in [-0.2, -0.15) is 0 Å². The zero-order valence-corrected chi connectivity index (χ0v) is 32.0. The van der Waals surface area contributed by atoms with Crippen LogP contribution in [0.2, 0.25) is 0 Å². The lowest BCUT2D eigenvalue weighted by Crippen LogP contribution is -2.11. The molecule has 3 nitrogen and oxygen atoms in total. The Morgan fingerprint density at radius 2 is 0.915 bits per heavy atom. The number of fused-ring (bicyclic) bond motifs is 9. The van der Waals surface area contributed by atoms with Crippen LogP contribution in [0.4, 0.5) is 17.1 Å². The first kappa shape index (κ1) is 33.3. The smallest absolute Gasteiger partial charge is 0.143 e. The average Bonchev–Trinajstić information content (AvgIpc) is 3.88. The van der Waals surface area contributed by atoms with Crippen LogP contribution in [0.25, 0.3) is 98.8 Å². The molecule has 0 radical (unpaired) electrons. The Hall–Kier alpha value is -7.88. The largest absolute Gasteiger partial charge is 0.456 e. The molecular weight excluding hydrogens is 719 g/mol. The van der Waals surface area contributed by atoms with Crippen molar-refractivity contribution in [3.8, 4) is 33.4 Å². The molecule has 12 rings (SSSR count). The van der Waals surface area contributed by atoms with Crippen LogP contribution in [-0.4, -0.2) is 0 Å². The minimum atomic E-state index is 0.848. The van der Waals surface area contributed by atoms with Crippen molar-refractivity contribution >= 4 is 82.5 Å². The van der Waals surface area contributed by atoms with Crippen LogP contribution in [0, 0.1) is 0 Å². The summed E-state index contributed by atoms with van der Waals surface area (Å²) in [5.74, 6) is 0. The molecule has 0 aliphatic heterocycles. The zero-order valence-electron chi connectivity index (χ0n) is 32.0. The van der Waals surface area contributed by atoms with Gasteiger partial charge in [0.15, 0.2) is 0 Å². The lowest BCUT2D eigenvalue weighted by molar-refractivity contribution is 0.669. The van der Waals surface area contributed by atoms with Gasteiger partial charge in [0.1, 0.15) is 22.3 Å². The van der Waals surface area contributed by atoms with Gasteiger partial charge in [-0.25, -0.2) is 0 Å². The number of hydrogen-bond acceptors (Lipinski definition) is 3. The first-order chi connectivity index (χ1) is 29.2. The Bertz CT molecular complexity index is 3560. The van der Waals surface area contributed by atoms with E-state index in [0.717, 1.165) is 93.8 Å². The molecule has 0 atom stereocenters. The Kier molecular flexibility index (Phi) is 7.54. The Morgan fingerprint density at radius 1 is 0.305 bits per heavy atom. The maximum absolute atomic E-state index is 6.76. The normalized spacial score (nSPS) is 11.7. The number of furan rings is 2. The molecule has 59 heavy (non-hydrogen) atoms. The number of nitrogens with zero attached hydrogens (tertiary/aromatic N) is 1. The molecule has 0 saturated carbocycles. The summed E-state index contributed by atoms with van der Waals surface area (Å²) in [4.78, 5) is 2.41. The third-order valence-electron chi connectivity index (χ3n) is 11.8. The Morgan fingerprint density at radius 3 is 1.75 bits per heavy atom. The summed E-state index contributed by atoms with van der Waals surface area (Å²) in [6.45, 7) is 0. The molecule has 3 heteroatoms. The number of benzene rings is 10. The monoisotopic (exact) mass is 753 g/mol. The molecule has 12 aromatic rings. The second-order valence-electron chi connectivity index (χ2n) is 15.2. The van der Waals surface area contributed by atoms with E-state index in [4.69, 9.17) is 8.83 Å². The molecule has 0 unspecified atom stereocenters. The van der Waals surface area contributed by atoms with Crippen LogP contribution >= 0.6 is 0 Å². The molecule has 0 bridgehead atoms. The van der Waals surface area contributed by atoms with E-state index in [1.165, 1.54) is 22.1 Å². The number of para-hydroxylation sites is 1. The van der Waals surface area contributed by atoms with Gasteiger partial charge in [-0.05, 0) is 105 Å². The van der Waals surface area contributed by atoms with E-state index < -0.39 is 0 Å². The molecule has 0 aliphatic rings. The van der Waals surface area contributed by atoms with Crippen molar-refractivity contribution in [1.82, 2.24) is 0 Å². The van der Waals surface area contributed by atoms with Crippen molar-refractivity contribution in [3.05, 3.63) is 212 Å². The van der Waals surface area contributed by atoms with Crippen molar-refractivity contribution in [2.45, 2.75) is 0 Å². The van der Waals surface area contributed by atoms with E-state index in [2.05, 4.69) is 217 Å². The first-order valence-corrected chi connectivity index (χ1v) is 20.1. The number of rotatable bonds is 6. The topological polar surface area (TPSA) is 29.5 Å². The van der Waals surface area contributed by atoms with Gasteiger partial charge in [-0.15, -0.1) is 0 Å². The lowest BCUT2D eigenvalue weighted by atomic mass is 9.95. The predicted octanol–water partition coefficient (Wildman–Crippen LogP) is 16.3. The van der Waals surface area contributed by atoms with E-state index in [1.807, 2.05) is 0 Å². The van der Waals surface area contributed by atoms with Crippen molar-refractivity contribution in [1.29, 1.82) is 0 Å². The van der Waals surface area contributed by atoms with Gasteiger partial charge in [0, 0.05) is 32.8 Å². The van der Waals surface area contributed by atoms with Gasteiger partial charge < -0.3 is 13.7 Å². The molecule has 0 N–H and O–H groups in total. The van der Waals surface area contributed by atoms with E-state index in [0.29, 0.717) is 0 Å². The van der Waals surface area contributed by atoms with Crippen molar-refractivity contribution in [2.75, 3.05) is 4.90 Å². The van der Waals surface area contributed by atoms with E-state index >= 15 is 0 Å². The van der Waals surface area contributed by atoms with Crippen LogP contribution in [0.15, 0.2) is 221 Å². The molecule has 0 fully saturated rings. The second-order valence-corrected chi connectivity index (χ2v) is 15.2. The summed E-state index contributed by atoms with van der Waals surface area (Å²) in [6, 6.07) is 75.7. The SMILES string of the molecule is c1ccc(-c2cccc(-c3ccc(N(c4ccccc4-c4cccc5oc6cc7ccccc7cc6c45)c4cccc5oc6c7ccccc7ccc6c45)cc3)c2)cc1. The quantitative estimate of drug-likeness (QED) is 0.169. The Labute approximate surface area is 340 Å². The van der Waals surface area contributed by atoms with E-state index in [9.17, 15) is 0 Å². The highest BCUT2D eigenvalue weighted by Crippen LogP contribution is 2.49. The molecule has 0 amide bonds. The van der Waals surface area contributed by atoms with Gasteiger partial charge in [-0.1, -0.05) is 152 Å². The zero-order chi connectivity index (χ0) is 38.9. The highest BCUT2D eigenvalue weighted by Gasteiger charge is 2.24. The Balaban J connectivity index is 1.09. The minimum absolute atomic E-state index is 0.848. The lowest BCUT2D eigenvalue weighted by Gasteiger charge is -2.29. The highest BCUT2D eigenvalue weighted by molar-refractivity contribution is 6.21. The minimum Gasteiger partial charge on any atom is -0.456 e. The van der Waals surface area contributed by atoms with Crippen molar-refractivity contribution in [3.63, 3.8) is 0 Å². The van der Waals surface area contributed by atoms with Crippen LogP contribution in [-0.2, 0) is 0 Å². The molecule has 0 spiro atoms. The molecule has 0 saturated heterocycles. The van der Waals surface area contributed by atoms with Crippen LogP contribution < -0.4 is 4.90 Å². The molecule has 2 heterocycles. The molecule has 2 aromatic heterocycles. The van der Waals surface area contributed by atoms with Gasteiger partial charge in [-0.3, -0.25) is 0 Å². The standard InChI is InChI=1S/C56H35NO2/c1-2-13-36(14-3-1)39-18-10-19-40(33-39)37-27-30-43(31-28-37)57(50-24-12-26-52-55(50)47-32-29-38-15-6-7-20-44(38)56(47)59-52)49-23-9-8-21-45(49)46-22-11-25-51-54(46)48-34-41-16-4-5-17-42(41)35-53(48)58-51/h1-35H. The van der Waals surface area contributed by atoms with Crippen molar-refractivity contribution < 1.29 is 8.83 Å². The summed E-state index contributed by atoms with van der Waals surface area (Å²) in [6.07, 6.45) is 0. The van der Waals surface area contributed by atoms with E-state index in [-0.39, 0.29) is 0 Å². The summed E-state index contributed by atoms with van der Waals surface area (Å²) >= 11 is 0. The second kappa shape index (κ2) is 13.4. The third-order valence-corrected chi connectivity index (χ3v) is 11.8. The fourth-order valence-electron chi connectivity index (χ4n) is 9.07. The maximum Gasteiger partial charge on any atom is 0.143 e. The van der Waals surface area contributed by atoms with Gasteiger partial charge in [0.05, 0.1) is 16.8 Å². The van der Waals surface area contributed by atoms with E-state index in [1.54, 1.807) is 0 Å². The number of anilines is 3. The molecule has 0 aliphatic carbocycles. The fraction of sp³-hybridized carbons (Fsp3) is 0. The highest BCUT2D eigenvalue weighted by atomic mass is 16.3. The summed E-state index contributed by atoms with van der Waals surface area (Å²) in [5.41, 5.74) is 13.6. The summed E-state index contributed by atoms with van der Waals surface area (Å²) in [5, 5.41) is 8.97. The van der Waals surface area contributed by atoms with Gasteiger partial charge in [0.2, 0.25) is 0 Å². The van der Waals surface area contributed by atoms with Crippen LogP contribution in [0.3, 0.4) is 0 Å². The van der Waals surface area contributed by atoms with Crippen LogP contribution in [0.5, 0.6) is 0 Å². The van der Waals surface area contributed by atoms with Crippen LogP contribution in [0.1, 0.15) is 0 Å². The first-order valence-electron chi connectivity index (χ1n) is 20.1. The van der Waals surface area contributed by atoms with Gasteiger partial charge in [0.25, 0.3) is 0 Å². The maximum atomic E-state index is 6.76. The summed E-state index contributed by atoms with van der Waals surface area (Å²) in [7, 11) is 0. The predicted molar refractivity (Wildman–Crippen MR) is 247 cm³/mol. The third kappa shape index (κ3) is 5.44. The molecule has 276 valence electrons. The van der Waals surface area contributed by atoms with Gasteiger partial charge >= 0.3 is 0 Å². The fourth-order valence-corrected chi connectivity index (χ4v) is 9.07. The van der Waals surface area contributed by atoms with Crippen molar-refractivity contribution in [2.24, 2.45) is 0 Å². The number of hydrogen-bond donors (Lipinski definition) is 0.